The molecule has 0 spiro atoms. The number of sulfonamides is 1. The van der Waals surface area contributed by atoms with Crippen molar-refractivity contribution < 1.29 is 13.2 Å². The van der Waals surface area contributed by atoms with E-state index in [1.54, 1.807) is 7.05 Å². The van der Waals surface area contributed by atoms with E-state index in [2.05, 4.69) is 33.8 Å². The molecule has 2 atom stereocenters. The van der Waals surface area contributed by atoms with Crippen LogP contribution >= 0.6 is 0 Å². The van der Waals surface area contributed by atoms with Gasteiger partial charge in [-0.2, -0.15) is 0 Å². The zero-order valence-electron chi connectivity index (χ0n) is 15.2. The summed E-state index contributed by atoms with van der Waals surface area (Å²) in [5, 5.41) is 0. The molecule has 0 aromatic rings. The topological polar surface area (TPSA) is 57.7 Å². The summed E-state index contributed by atoms with van der Waals surface area (Å²) in [7, 11) is -1.53. The normalized spacial score (nSPS) is 27.9. The monoisotopic (exact) mass is 342 g/mol. The molecule has 1 amide bonds. The van der Waals surface area contributed by atoms with Crippen LogP contribution in [0.3, 0.4) is 0 Å². The Morgan fingerprint density at radius 2 is 1.74 bits per heavy atom. The fourth-order valence-electron chi connectivity index (χ4n) is 3.74. The van der Waals surface area contributed by atoms with E-state index in [0.717, 1.165) is 12.8 Å². The number of carbonyl (C=O) groups excluding carboxylic acids is 1. The third kappa shape index (κ3) is 3.79. The molecule has 0 aromatic heterocycles. The van der Waals surface area contributed by atoms with E-state index in [-0.39, 0.29) is 23.3 Å². The van der Waals surface area contributed by atoms with Crippen LogP contribution in [-0.2, 0) is 14.8 Å². The molecule has 1 saturated carbocycles. The van der Waals surface area contributed by atoms with Gasteiger partial charge in [-0.1, -0.05) is 25.5 Å². The highest BCUT2D eigenvalue weighted by molar-refractivity contribution is 7.88. The van der Waals surface area contributed by atoms with Crippen LogP contribution in [0.4, 0.5) is 0 Å². The van der Waals surface area contributed by atoms with E-state index < -0.39 is 10.0 Å². The Kier molecular flexibility index (Phi) is 4.98. The summed E-state index contributed by atoms with van der Waals surface area (Å²) >= 11 is 0. The molecule has 2 fully saturated rings. The van der Waals surface area contributed by atoms with Crippen LogP contribution in [0.2, 0.25) is 0 Å². The summed E-state index contributed by atoms with van der Waals surface area (Å²) in [6.07, 6.45) is 4.89. The minimum Gasteiger partial charge on any atom is -0.342 e. The maximum Gasteiger partial charge on any atom is 0.226 e. The Labute approximate surface area is 140 Å². The van der Waals surface area contributed by atoms with Crippen LogP contribution in [-0.4, -0.2) is 56.0 Å². The van der Waals surface area contributed by atoms with Crippen molar-refractivity contribution in [3.8, 4) is 0 Å². The van der Waals surface area contributed by atoms with Gasteiger partial charge >= 0.3 is 0 Å². The maximum absolute atomic E-state index is 12.8. The molecule has 5 nitrogen and oxygen atoms in total. The lowest BCUT2D eigenvalue weighted by molar-refractivity contribution is -0.134. The SMILES string of the molecule is CC(C)=CC1C(C(=O)N2CCC(N(C)S(C)(=O)=O)CC2)C1(C)C. The minimum absolute atomic E-state index is 0.00911. The Balaban J connectivity index is 1.96. The highest BCUT2D eigenvalue weighted by atomic mass is 32.2. The van der Waals surface area contributed by atoms with Crippen molar-refractivity contribution in [2.24, 2.45) is 17.3 Å². The molecule has 1 aliphatic carbocycles. The molecule has 1 saturated heterocycles. The average Bonchev–Trinajstić information content (AvgIpc) is 2.96. The Morgan fingerprint density at radius 1 is 1.22 bits per heavy atom. The highest BCUT2D eigenvalue weighted by Crippen LogP contribution is 2.60. The zero-order valence-corrected chi connectivity index (χ0v) is 16.0. The molecular weight excluding hydrogens is 312 g/mol. The molecule has 0 N–H and O–H groups in total. The lowest BCUT2D eigenvalue weighted by atomic mass is 10.0. The van der Waals surface area contributed by atoms with E-state index in [4.69, 9.17) is 0 Å². The van der Waals surface area contributed by atoms with Gasteiger partial charge in [-0.25, -0.2) is 12.7 Å². The van der Waals surface area contributed by atoms with Gasteiger partial charge in [0.25, 0.3) is 0 Å². The lowest BCUT2D eigenvalue weighted by Crippen LogP contribution is -2.47. The van der Waals surface area contributed by atoms with E-state index in [1.807, 2.05) is 4.90 Å². The van der Waals surface area contributed by atoms with Gasteiger partial charge in [-0.05, 0) is 38.0 Å². The number of amides is 1. The molecule has 0 aromatic carbocycles. The predicted molar refractivity (Wildman–Crippen MR) is 92.4 cm³/mol. The molecule has 2 aliphatic rings. The molecular formula is C17H30N2O3S. The fraction of sp³-hybridized carbons (Fsp3) is 0.824. The van der Waals surface area contributed by atoms with Gasteiger partial charge in [0, 0.05) is 26.2 Å². The first-order valence-corrected chi connectivity index (χ1v) is 10.2. The summed E-state index contributed by atoms with van der Waals surface area (Å²) in [5.74, 6) is 0.635. The number of allylic oxidation sites excluding steroid dienone is 2. The predicted octanol–water partition coefficient (Wildman–Crippen LogP) is 2.11. The first-order valence-electron chi connectivity index (χ1n) is 8.33. The van der Waals surface area contributed by atoms with E-state index >= 15 is 0 Å². The smallest absolute Gasteiger partial charge is 0.226 e. The van der Waals surface area contributed by atoms with Crippen molar-refractivity contribution >= 4 is 15.9 Å². The van der Waals surface area contributed by atoms with E-state index in [0.29, 0.717) is 19.0 Å². The Morgan fingerprint density at radius 3 is 2.17 bits per heavy atom. The molecule has 1 heterocycles. The van der Waals surface area contributed by atoms with E-state index in [1.165, 1.54) is 16.1 Å². The van der Waals surface area contributed by atoms with Crippen LogP contribution in [0, 0.1) is 17.3 Å². The highest BCUT2D eigenvalue weighted by Gasteiger charge is 2.61. The molecule has 6 heteroatoms. The Bertz CT molecular complexity index is 597. The first-order chi connectivity index (χ1) is 10.5. The summed E-state index contributed by atoms with van der Waals surface area (Å²) in [6, 6.07) is 0.00911. The molecule has 1 aliphatic heterocycles. The second-order valence-electron chi connectivity index (χ2n) is 7.90. The third-order valence-electron chi connectivity index (χ3n) is 5.50. The van der Waals surface area contributed by atoms with Gasteiger partial charge in [0.2, 0.25) is 15.9 Å². The fourth-order valence-corrected chi connectivity index (χ4v) is 4.49. The molecule has 2 rings (SSSR count). The van der Waals surface area contributed by atoms with Crippen LogP contribution in [0.25, 0.3) is 0 Å². The van der Waals surface area contributed by atoms with Crippen LogP contribution in [0.1, 0.15) is 40.5 Å². The third-order valence-corrected chi connectivity index (χ3v) is 6.85. The standard InChI is InChI=1S/C17H30N2O3S/c1-12(2)11-14-15(17(14,3)4)16(20)19-9-7-13(8-10-19)18(5)23(6,21)22/h11,13-15H,7-10H2,1-6H3. The van der Waals surface area contributed by atoms with E-state index in [9.17, 15) is 13.2 Å². The second kappa shape index (κ2) is 6.20. The van der Waals surface area contributed by atoms with Gasteiger partial charge in [-0.3, -0.25) is 4.79 Å². The van der Waals surface area contributed by atoms with Crippen molar-refractivity contribution in [3.05, 3.63) is 11.6 Å². The van der Waals surface area contributed by atoms with Gasteiger partial charge in [0.15, 0.2) is 0 Å². The van der Waals surface area contributed by atoms with Gasteiger partial charge in [0.1, 0.15) is 0 Å². The zero-order chi connectivity index (χ0) is 17.6. The van der Waals surface area contributed by atoms with Crippen LogP contribution < -0.4 is 0 Å². The number of rotatable bonds is 4. The molecule has 132 valence electrons. The number of hydrogen-bond acceptors (Lipinski definition) is 3. The first kappa shape index (κ1) is 18.5. The maximum atomic E-state index is 12.8. The second-order valence-corrected chi connectivity index (χ2v) is 9.95. The molecule has 0 bridgehead atoms. The molecule has 23 heavy (non-hydrogen) atoms. The summed E-state index contributed by atoms with van der Waals surface area (Å²) in [5.41, 5.74) is 1.29. The average molecular weight is 343 g/mol. The number of nitrogens with zero attached hydrogens (tertiary/aromatic N) is 2. The van der Waals surface area contributed by atoms with Crippen molar-refractivity contribution in [3.63, 3.8) is 0 Å². The number of hydrogen-bond donors (Lipinski definition) is 0. The summed E-state index contributed by atoms with van der Waals surface area (Å²) in [4.78, 5) is 14.7. The van der Waals surface area contributed by atoms with Gasteiger partial charge in [-0.15, -0.1) is 0 Å². The van der Waals surface area contributed by atoms with Crippen molar-refractivity contribution in [1.82, 2.24) is 9.21 Å². The number of piperidine rings is 1. The lowest BCUT2D eigenvalue weighted by Gasteiger charge is -2.36. The van der Waals surface area contributed by atoms with Crippen LogP contribution in [0.15, 0.2) is 11.6 Å². The van der Waals surface area contributed by atoms with Crippen molar-refractivity contribution in [1.29, 1.82) is 0 Å². The van der Waals surface area contributed by atoms with Crippen molar-refractivity contribution in [2.75, 3.05) is 26.4 Å². The van der Waals surface area contributed by atoms with Crippen LogP contribution in [0.5, 0.6) is 0 Å². The Hall–Kier alpha value is -0.880. The van der Waals surface area contributed by atoms with Gasteiger partial charge < -0.3 is 4.90 Å². The summed E-state index contributed by atoms with van der Waals surface area (Å²) < 4.78 is 24.7. The summed E-state index contributed by atoms with van der Waals surface area (Å²) in [6.45, 7) is 9.76. The quantitative estimate of drug-likeness (QED) is 0.735. The molecule has 0 radical (unpaired) electrons. The minimum atomic E-state index is -3.16. The molecule has 2 unspecified atom stereocenters. The van der Waals surface area contributed by atoms with Gasteiger partial charge in [0.05, 0.1) is 12.2 Å². The largest absolute Gasteiger partial charge is 0.342 e. The van der Waals surface area contributed by atoms with Crippen molar-refractivity contribution in [2.45, 2.75) is 46.6 Å². The number of likely N-dealkylation sites (tertiary alicyclic amines) is 1. The number of carbonyl (C=O) groups is 1.